The van der Waals surface area contributed by atoms with Crippen LogP contribution in [0.15, 0.2) is 24.3 Å². The molecule has 0 fully saturated rings. The van der Waals surface area contributed by atoms with E-state index in [2.05, 4.69) is 34.6 Å². The smallest absolute Gasteiger partial charge is 0.324 e. The minimum Gasteiger partial charge on any atom is -0.488 e. The molecule has 0 heterocycles. The zero-order chi connectivity index (χ0) is 19.4. The number of carboxylic acid groups (broad SMARTS) is 2. The first kappa shape index (κ1) is 21.0. The Morgan fingerprint density at radius 3 is 2.00 bits per heavy atom. The molecule has 6 heteroatoms. The Balaban J connectivity index is 2.93. The van der Waals surface area contributed by atoms with E-state index in [4.69, 9.17) is 20.7 Å². The molecule has 0 aliphatic heterocycles. The molecule has 0 bridgehead atoms. The summed E-state index contributed by atoms with van der Waals surface area (Å²) in [5.41, 5.74) is 6.82. The maximum absolute atomic E-state index is 11.0. The number of hydrogen-bond acceptors (Lipinski definition) is 4. The van der Waals surface area contributed by atoms with Crippen molar-refractivity contribution in [1.29, 1.82) is 0 Å². The molecular formula is C19H29NO5. The minimum atomic E-state index is -1.41. The second kappa shape index (κ2) is 7.87. The number of rotatable bonds is 8. The highest BCUT2D eigenvalue weighted by atomic mass is 16.5. The van der Waals surface area contributed by atoms with Crippen molar-refractivity contribution in [3.63, 3.8) is 0 Å². The van der Waals surface area contributed by atoms with Crippen molar-refractivity contribution in [1.82, 2.24) is 0 Å². The first-order valence-electron chi connectivity index (χ1n) is 8.29. The Bertz CT molecular complexity index is 601. The van der Waals surface area contributed by atoms with Crippen LogP contribution in [0.3, 0.4) is 0 Å². The number of hydrogen-bond donors (Lipinski definition) is 3. The summed E-state index contributed by atoms with van der Waals surface area (Å²) in [5, 5.41) is 17.9. The molecule has 0 radical (unpaired) electrons. The van der Waals surface area contributed by atoms with Crippen molar-refractivity contribution >= 4 is 11.9 Å². The summed E-state index contributed by atoms with van der Waals surface area (Å²) in [5.74, 6) is -2.06. The van der Waals surface area contributed by atoms with Gasteiger partial charge in [0, 0.05) is 0 Å². The maximum Gasteiger partial charge on any atom is 0.324 e. The third-order valence-electron chi connectivity index (χ3n) is 3.96. The Morgan fingerprint density at radius 1 is 1.08 bits per heavy atom. The standard InChI is InChI=1S/C19H29NO5/c1-18(2,3)11-19(4,5)12-6-8-13(9-7-12)25-14(10-15(21)22)16(20)17(23)24/h6-9,14,16H,10-11,20H2,1-5H3,(H,21,22)(H,23,24). The van der Waals surface area contributed by atoms with E-state index in [0.717, 1.165) is 12.0 Å². The molecule has 140 valence electrons. The molecule has 0 aliphatic rings. The fourth-order valence-electron chi connectivity index (χ4n) is 3.16. The highest BCUT2D eigenvalue weighted by molar-refractivity contribution is 5.76. The zero-order valence-corrected chi connectivity index (χ0v) is 15.6. The van der Waals surface area contributed by atoms with Crippen LogP contribution in [0, 0.1) is 5.41 Å². The van der Waals surface area contributed by atoms with Crippen molar-refractivity contribution in [2.75, 3.05) is 0 Å². The first-order chi connectivity index (χ1) is 11.3. The van der Waals surface area contributed by atoms with Gasteiger partial charge < -0.3 is 20.7 Å². The van der Waals surface area contributed by atoms with Gasteiger partial charge in [-0.15, -0.1) is 0 Å². The summed E-state index contributed by atoms with van der Waals surface area (Å²) < 4.78 is 5.53. The fourth-order valence-corrected chi connectivity index (χ4v) is 3.16. The van der Waals surface area contributed by atoms with Gasteiger partial charge in [0.25, 0.3) is 0 Å². The van der Waals surface area contributed by atoms with E-state index in [1.54, 1.807) is 12.1 Å². The minimum absolute atomic E-state index is 0.0330. The van der Waals surface area contributed by atoms with E-state index < -0.39 is 30.5 Å². The van der Waals surface area contributed by atoms with Gasteiger partial charge in [-0.3, -0.25) is 9.59 Å². The molecule has 1 aromatic carbocycles. The number of benzene rings is 1. The first-order valence-corrected chi connectivity index (χ1v) is 8.29. The van der Waals surface area contributed by atoms with Gasteiger partial charge in [-0.25, -0.2) is 0 Å². The topological polar surface area (TPSA) is 110 Å². The van der Waals surface area contributed by atoms with Gasteiger partial charge in [-0.05, 0) is 34.9 Å². The molecule has 0 amide bonds. The lowest BCUT2D eigenvalue weighted by Crippen LogP contribution is -2.46. The quantitative estimate of drug-likeness (QED) is 0.664. The highest BCUT2D eigenvalue weighted by Gasteiger charge is 2.29. The summed E-state index contributed by atoms with van der Waals surface area (Å²) in [7, 11) is 0. The lowest BCUT2D eigenvalue weighted by molar-refractivity contribution is -0.143. The SMILES string of the molecule is CC(C)(C)CC(C)(C)c1ccc(OC(CC(=O)O)C(N)C(=O)O)cc1. The van der Waals surface area contributed by atoms with E-state index >= 15 is 0 Å². The van der Waals surface area contributed by atoms with Gasteiger partial charge >= 0.3 is 11.9 Å². The summed E-state index contributed by atoms with van der Waals surface area (Å²) in [6.45, 7) is 10.9. The van der Waals surface area contributed by atoms with Crippen LogP contribution in [0.2, 0.25) is 0 Å². The van der Waals surface area contributed by atoms with Gasteiger partial charge in [0.2, 0.25) is 0 Å². The number of carbonyl (C=O) groups is 2. The van der Waals surface area contributed by atoms with Crippen molar-refractivity contribution < 1.29 is 24.5 Å². The van der Waals surface area contributed by atoms with Crippen LogP contribution in [0.4, 0.5) is 0 Å². The molecule has 0 spiro atoms. The average Bonchev–Trinajstić information content (AvgIpc) is 2.43. The van der Waals surface area contributed by atoms with Gasteiger partial charge in [0.05, 0.1) is 6.42 Å². The Labute approximate surface area is 149 Å². The largest absolute Gasteiger partial charge is 0.488 e. The maximum atomic E-state index is 11.0. The van der Waals surface area contributed by atoms with Gasteiger partial charge in [0.1, 0.15) is 17.9 Å². The van der Waals surface area contributed by atoms with Gasteiger partial charge in [-0.2, -0.15) is 0 Å². The second-order valence-electron chi connectivity index (χ2n) is 8.26. The van der Waals surface area contributed by atoms with Crippen LogP contribution in [0.5, 0.6) is 5.75 Å². The van der Waals surface area contributed by atoms with E-state index in [1.807, 2.05) is 12.1 Å². The van der Waals surface area contributed by atoms with E-state index in [9.17, 15) is 9.59 Å². The van der Waals surface area contributed by atoms with Gasteiger partial charge in [-0.1, -0.05) is 46.8 Å². The molecule has 1 rings (SSSR count). The lowest BCUT2D eigenvalue weighted by atomic mass is 9.72. The van der Waals surface area contributed by atoms with Crippen molar-refractivity contribution in [3.05, 3.63) is 29.8 Å². The summed E-state index contributed by atoms with van der Waals surface area (Å²) in [6, 6.07) is 5.89. The predicted octanol–water partition coefficient (Wildman–Crippen LogP) is 3.03. The normalized spacial score (nSPS) is 14.6. The van der Waals surface area contributed by atoms with Gasteiger partial charge in [0.15, 0.2) is 0 Å². The average molecular weight is 351 g/mol. The monoisotopic (exact) mass is 351 g/mol. The molecule has 1 aromatic rings. The highest BCUT2D eigenvalue weighted by Crippen LogP contribution is 2.36. The molecule has 0 saturated carbocycles. The molecule has 2 atom stereocenters. The van der Waals surface area contributed by atoms with Crippen LogP contribution in [0.1, 0.15) is 53.0 Å². The van der Waals surface area contributed by atoms with E-state index in [1.165, 1.54) is 0 Å². The summed E-state index contributed by atoms with van der Waals surface area (Å²) >= 11 is 0. The predicted molar refractivity (Wildman–Crippen MR) is 95.8 cm³/mol. The molecule has 0 aliphatic carbocycles. The molecule has 6 nitrogen and oxygen atoms in total. The van der Waals surface area contributed by atoms with Crippen LogP contribution in [0.25, 0.3) is 0 Å². The summed E-state index contributed by atoms with van der Waals surface area (Å²) in [4.78, 5) is 21.9. The zero-order valence-electron chi connectivity index (χ0n) is 15.6. The molecular weight excluding hydrogens is 322 g/mol. The van der Waals surface area contributed by atoms with Crippen LogP contribution in [-0.2, 0) is 15.0 Å². The number of ether oxygens (including phenoxy) is 1. The fraction of sp³-hybridized carbons (Fsp3) is 0.579. The van der Waals surface area contributed by atoms with Crippen LogP contribution < -0.4 is 10.5 Å². The molecule has 0 saturated heterocycles. The van der Waals surface area contributed by atoms with E-state index in [-0.39, 0.29) is 10.8 Å². The number of aliphatic carboxylic acids is 2. The van der Waals surface area contributed by atoms with Crippen molar-refractivity contribution in [2.45, 2.75) is 65.0 Å². The number of carboxylic acids is 2. The van der Waals surface area contributed by atoms with Crippen LogP contribution in [-0.4, -0.2) is 34.3 Å². The Morgan fingerprint density at radius 2 is 1.60 bits per heavy atom. The van der Waals surface area contributed by atoms with Crippen LogP contribution >= 0.6 is 0 Å². The molecule has 4 N–H and O–H groups in total. The third kappa shape index (κ3) is 6.74. The molecule has 2 unspecified atom stereocenters. The number of nitrogens with two attached hydrogens (primary N) is 1. The second-order valence-corrected chi connectivity index (χ2v) is 8.26. The summed E-state index contributed by atoms with van der Waals surface area (Å²) in [6.07, 6.45) is -0.625. The molecule has 25 heavy (non-hydrogen) atoms. The third-order valence-corrected chi connectivity index (χ3v) is 3.96. The Hall–Kier alpha value is -2.08. The Kier molecular flexibility index (Phi) is 6.60. The van der Waals surface area contributed by atoms with Crippen molar-refractivity contribution in [2.24, 2.45) is 11.1 Å². The molecule has 0 aromatic heterocycles. The van der Waals surface area contributed by atoms with E-state index in [0.29, 0.717) is 5.75 Å². The lowest BCUT2D eigenvalue weighted by Gasteiger charge is -2.33. The van der Waals surface area contributed by atoms with Crippen molar-refractivity contribution in [3.8, 4) is 5.75 Å².